The van der Waals surface area contributed by atoms with E-state index in [0.29, 0.717) is 11.3 Å². The lowest BCUT2D eigenvalue weighted by Crippen LogP contribution is -2.31. The Labute approximate surface area is 138 Å². The number of aromatic nitrogens is 2. The summed E-state index contributed by atoms with van der Waals surface area (Å²) >= 11 is 0. The summed E-state index contributed by atoms with van der Waals surface area (Å²) in [7, 11) is 0. The number of Topliss-reactive ketones (excluding diaryl/α,β-unsaturated/α-hetero) is 1. The lowest BCUT2D eigenvalue weighted by molar-refractivity contribution is -0.123. The van der Waals surface area contributed by atoms with Crippen LogP contribution in [0.1, 0.15) is 34.7 Å². The van der Waals surface area contributed by atoms with E-state index in [9.17, 15) is 14.4 Å². The van der Waals surface area contributed by atoms with E-state index in [1.165, 1.54) is 26.2 Å². The van der Waals surface area contributed by atoms with E-state index in [1.54, 1.807) is 24.3 Å². The molecule has 8 heteroatoms. The first-order chi connectivity index (χ1) is 11.4. The number of rotatable bonds is 5. The summed E-state index contributed by atoms with van der Waals surface area (Å²) in [6, 6.07) is 6.55. The average molecular weight is 328 g/mol. The van der Waals surface area contributed by atoms with Crippen molar-refractivity contribution < 1.29 is 19.1 Å². The van der Waals surface area contributed by atoms with Crippen LogP contribution in [0.2, 0.25) is 0 Å². The fraction of sp³-hybridized carbons (Fsp3) is 0.188. The van der Waals surface area contributed by atoms with Crippen molar-refractivity contribution in [2.24, 2.45) is 0 Å². The van der Waals surface area contributed by atoms with Gasteiger partial charge in [-0.3, -0.25) is 9.59 Å². The van der Waals surface area contributed by atoms with Crippen molar-refractivity contribution in [3.05, 3.63) is 47.9 Å². The maximum absolute atomic E-state index is 12.2. The summed E-state index contributed by atoms with van der Waals surface area (Å²) in [5.74, 6) is -1.72. The third kappa shape index (κ3) is 3.92. The van der Waals surface area contributed by atoms with Gasteiger partial charge in [0.05, 0.1) is 5.69 Å². The number of para-hydroxylation sites is 1. The van der Waals surface area contributed by atoms with E-state index < -0.39 is 18.0 Å². The first-order valence-corrected chi connectivity index (χ1v) is 7.08. The van der Waals surface area contributed by atoms with Crippen LogP contribution in [0.3, 0.4) is 0 Å². The van der Waals surface area contributed by atoms with E-state index in [1.807, 2.05) is 0 Å². The van der Waals surface area contributed by atoms with E-state index in [0.717, 1.165) is 0 Å². The van der Waals surface area contributed by atoms with Crippen molar-refractivity contribution in [3.8, 4) is 0 Å². The van der Waals surface area contributed by atoms with Gasteiger partial charge in [-0.15, -0.1) is 0 Å². The van der Waals surface area contributed by atoms with Crippen LogP contribution in [0.25, 0.3) is 0 Å². The van der Waals surface area contributed by atoms with Crippen LogP contribution in [-0.4, -0.2) is 33.7 Å². The van der Waals surface area contributed by atoms with Gasteiger partial charge in [-0.1, -0.05) is 12.1 Å². The topological polar surface area (TPSA) is 124 Å². The maximum atomic E-state index is 12.2. The van der Waals surface area contributed by atoms with Gasteiger partial charge in [0.25, 0.3) is 5.91 Å². The number of carbonyl (C=O) groups excluding carboxylic acids is 3. The highest BCUT2D eigenvalue weighted by Gasteiger charge is 2.22. The number of nitrogens with one attached hydrogen (secondary N) is 1. The molecule has 8 nitrogen and oxygen atoms in total. The molecular formula is C16H16N4O4. The number of amides is 1. The SMILES string of the molecule is CC(=O)c1ccccc1NC(=O)C(C)OC(=O)c1nccnc1N. The summed E-state index contributed by atoms with van der Waals surface area (Å²) in [4.78, 5) is 43.2. The molecule has 2 aromatic rings. The van der Waals surface area contributed by atoms with Gasteiger partial charge in [0.1, 0.15) is 0 Å². The average Bonchev–Trinajstić information content (AvgIpc) is 2.55. The molecular weight excluding hydrogens is 312 g/mol. The number of benzene rings is 1. The minimum absolute atomic E-state index is 0.0861. The number of anilines is 2. The second-order valence-corrected chi connectivity index (χ2v) is 4.93. The van der Waals surface area contributed by atoms with E-state index >= 15 is 0 Å². The van der Waals surface area contributed by atoms with Gasteiger partial charge in [0.15, 0.2) is 23.4 Å². The smallest absolute Gasteiger partial charge is 0.361 e. The number of nitrogens with zero attached hydrogens (tertiary/aromatic N) is 2. The molecule has 1 aromatic heterocycles. The third-order valence-electron chi connectivity index (χ3n) is 3.14. The molecule has 24 heavy (non-hydrogen) atoms. The second-order valence-electron chi connectivity index (χ2n) is 4.93. The largest absolute Gasteiger partial charge is 0.448 e. The molecule has 124 valence electrons. The fourth-order valence-corrected chi connectivity index (χ4v) is 1.91. The standard InChI is InChI=1S/C16H16N4O4/c1-9(21)11-5-3-4-6-12(11)20-15(22)10(2)24-16(23)13-14(17)19-8-7-18-13/h3-8,10H,1-2H3,(H2,17,19)(H,20,22). The van der Waals surface area contributed by atoms with Gasteiger partial charge in [0, 0.05) is 18.0 Å². The molecule has 1 amide bonds. The van der Waals surface area contributed by atoms with E-state index in [-0.39, 0.29) is 17.3 Å². The molecule has 0 aliphatic carbocycles. The maximum Gasteiger partial charge on any atom is 0.361 e. The predicted molar refractivity (Wildman–Crippen MR) is 86.4 cm³/mol. The van der Waals surface area contributed by atoms with Crippen molar-refractivity contribution in [1.82, 2.24) is 9.97 Å². The Morgan fingerprint density at radius 1 is 1.17 bits per heavy atom. The lowest BCUT2D eigenvalue weighted by atomic mass is 10.1. The normalized spacial score (nSPS) is 11.4. The number of esters is 1. The van der Waals surface area contributed by atoms with Crippen LogP contribution in [0, 0.1) is 0 Å². The Balaban J connectivity index is 2.07. The summed E-state index contributed by atoms with van der Waals surface area (Å²) in [5.41, 5.74) is 6.08. The molecule has 0 aliphatic heterocycles. The molecule has 0 bridgehead atoms. The van der Waals surface area contributed by atoms with Gasteiger partial charge >= 0.3 is 5.97 Å². The quantitative estimate of drug-likeness (QED) is 0.628. The van der Waals surface area contributed by atoms with Crippen molar-refractivity contribution in [3.63, 3.8) is 0 Å². The van der Waals surface area contributed by atoms with E-state index in [4.69, 9.17) is 10.5 Å². The number of nitrogens with two attached hydrogens (primary N) is 1. The molecule has 1 atom stereocenters. The summed E-state index contributed by atoms with van der Waals surface area (Å²) in [6.07, 6.45) is 1.51. The molecule has 3 N–H and O–H groups in total. The van der Waals surface area contributed by atoms with E-state index in [2.05, 4.69) is 15.3 Å². The van der Waals surface area contributed by atoms with Gasteiger partial charge in [-0.25, -0.2) is 14.8 Å². The highest BCUT2D eigenvalue weighted by molar-refractivity contribution is 6.05. The summed E-state index contributed by atoms with van der Waals surface area (Å²) < 4.78 is 5.03. The van der Waals surface area contributed by atoms with Crippen molar-refractivity contribution >= 4 is 29.2 Å². The van der Waals surface area contributed by atoms with Crippen LogP contribution in [0.5, 0.6) is 0 Å². The van der Waals surface area contributed by atoms with Gasteiger partial charge in [-0.2, -0.15) is 0 Å². The predicted octanol–water partition coefficient (Wildman–Crippen LogP) is 1.45. The van der Waals surface area contributed by atoms with Crippen molar-refractivity contribution in [2.45, 2.75) is 20.0 Å². The zero-order chi connectivity index (χ0) is 17.7. The van der Waals surface area contributed by atoms with Gasteiger partial charge in [-0.05, 0) is 26.0 Å². The molecule has 2 rings (SSSR count). The first-order valence-electron chi connectivity index (χ1n) is 7.08. The molecule has 1 aromatic carbocycles. The molecule has 0 spiro atoms. The fourth-order valence-electron chi connectivity index (χ4n) is 1.91. The monoisotopic (exact) mass is 328 g/mol. The molecule has 1 heterocycles. The number of nitrogen functional groups attached to an aromatic ring is 1. The number of hydrogen-bond donors (Lipinski definition) is 2. The van der Waals surface area contributed by atoms with Crippen LogP contribution in [0.4, 0.5) is 11.5 Å². The van der Waals surface area contributed by atoms with Crippen LogP contribution in [-0.2, 0) is 9.53 Å². The number of ketones is 1. The molecule has 1 unspecified atom stereocenters. The number of carbonyl (C=O) groups is 3. The van der Waals surface area contributed by atoms with Gasteiger partial charge < -0.3 is 15.8 Å². The van der Waals surface area contributed by atoms with Crippen LogP contribution in [0.15, 0.2) is 36.7 Å². The Morgan fingerprint density at radius 2 is 1.83 bits per heavy atom. The Morgan fingerprint density at radius 3 is 2.50 bits per heavy atom. The Hall–Kier alpha value is -3.29. The Bertz CT molecular complexity index is 791. The number of hydrogen-bond acceptors (Lipinski definition) is 7. The molecule has 0 fully saturated rings. The zero-order valence-electron chi connectivity index (χ0n) is 13.1. The summed E-state index contributed by atoms with van der Waals surface area (Å²) in [5, 5.41) is 2.56. The van der Waals surface area contributed by atoms with Crippen molar-refractivity contribution in [2.75, 3.05) is 11.1 Å². The zero-order valence-corrected chi connectivity index (χ0v) is 13.1. The van der Waals surface area contributed by atoms with Crippen molar-refractivity contribution in [1.29, 1.82) is 0 Å². The molecule has 0 radical (unpaired) electrons. The highest BCUT2D eigenvalue weighted by atomic mass is 16.5. The number of ether oxygens (including phenoxy) is 1. The highest BCUT2D eigenvalue weighted by Crippen LogP contribution is 2.16. The first kappa shape index (κ1) is 17.1. The molecule has 0 saturated carbocycles. The third-order valence-corrected chi connectivity index (χ3v) is 3.14. The summed E-state index contributed by atoms with van der Waals surface area (Å²) in [6.45, 7) is 2.79. The lowest BCUT2D eigenvalue weighted by Gasteiger charge is -2.15. The van der Waals surface area contributed by atoms with Crippen LogP contribution < -0.4 is 11.1 Å². The molecule has 0 aliphatic rings. The molecule has 0 saturated heterocycles. The van der Waals surface area contributed by atoms with Gasteiger partial charge in [0.2, 0.25) is 0 Å². The minimum Gasteiger partial charge on any atom is -0.448 e. The minimum atomic E-state index is -1.11. The van der Waals surface area contributed by atoms with Crippen LogP contribution >= 0.6 is 0 Å². The second kappa shape index (κ2) is 7.32. The Kier molecular flexibility index (Phi) is 5.20.